The molecule has 3 nitrogen and oxygen atoms in total. The maximum absolute atomic E-state index is 9.91. The van der Waals surface area contributed by atoms with Gasteiger partial charge in [0, 0.05) is 0 Å². The summed E-state index contributed by atoms with van der Waals surface area (Å²) in [6.45, 7) is 4.04. The summed E-state index contributed by atoms with van der Waals surface area (Å²) in [6.07, 6.45) is 0. The number of phenols is 1. The first-order chi connectivity index (χ1) is 8.63. The van der Waals surface area contributed by atoms with Crippen molar-refractivity contribution in [2.24, 2.45) is 0 Å². The van der Waals surface area contributed by atoms with Crippen molar-refractivity contribution in [3.8, 4) is 17.1 Å². The van der Waals surface area contributed by atoms with Gasteiger partial charge in [-0.2, -0.15) is 0 Å². The van der Waals surface area contributed by atoms with Gasteiger partial charge in [0.1, 0.15) is 11.6 Å². The molecule has 0 aliphatic rings. The number of aromatic nitrogens is 2. The number of hydrogen-bond acceptors (Lipinski definition) is 2. The van der Waals surface area contributed by atoms with E-state index in [1.807, 2.05) is 38.1 Å². The Morgan fingerprint density at radius 1 is 1.00 bits per heavy atom. The molecule has 0 atom stereocenters. The van der Waals surface area contributed by atoms with E-state index in [1.165, 1.54) is 5.56 Å². The maximum atomic E-state index is 9.91. The molecular weight excluding hydrogens is 224 g/mol. The Balaban J connectivity index is 2.22. The van der Waals surface area contributed by atoms with Crippen LogP contribution in [0.5, 0.6) is 5.75 Å². The van der Waals surface area contributed by atoms with E-state index in [-0.39, 0.29) is 5.75 Å². The third kappa shape index (κ3) is 1.74. The second-order valence-corrected chi connectivity index (χ2v) is 4.63. The van der Waals surface area contributed by atoms with Crippen LogP contribution in [0.15, 0.2) is 36.4 Å². The van der Waals surface area contributed by atoms with Gasteiger partial charge in [0.2, 0.25) is 0 Å². The van der Waals surface area contributed by atoms with E-state index in [1.54, 1.807) is 6.07 Å². The van der Waals surface area contributed by atoms with Crippen molar-refractivity contribution >= 4 is 11.0 Å². The van der Waals surface area contributed by atoms with Gasteiger partial charge in [-0.25, -0.2) is 4.98 Å². The third-order valence-electron chi connectivity index (χ3n) is 3.04. The van der Waals surface area contributed by atoms with E-state index >= 15 is 0 Å². The monoisotopic (exact) mass is 238 g/mol. The summed E-state index contributed by atoms with van der Waals surface area (Å²) in [5.41, 5.74) is 4.93. The van der Waals surface area contributed by atoms with Crippen LogP contribution in [0, 0.1) is 13.8 Å². The van der Waals surface area contributed by atoms with Gasteiger partial charge in [-0.1, -0.05) is 17.7 Å². The second-order valence-electron chi connectivity index (χ2n) is 4.63. The molecule has 0 unspecified atom stereocenters. The molecule has 2 N–H and O–H groups in total. The van der Waals surface area contributed by atoms with E-state index in [0.717, 1.165) is 22.2 Å². The van der Waals surface area contributed by atoms with Gasteiger partial charge in [-0.05, 0) is 43.7 Å². The summed E-state index contributed by atoms with van der Waals surface area (Å²) in [6, 6.07) is 11.6. The van der Waals surface area contributed by atoms with Gasteiger partial charge in [0.05, 0.1) is 16.6 Å². The first-order valence-corrected chi connectivity index (χ1v) is 5.90. The lowest BCUT2D eigenvalue weighted by Crippen LogP contribution is -1.83. The number of nitrogens with one attached hydrogen (secondary N) is 1. The first-order valence-electron chi connectivity index (χ1n) is 5.90. The summed E-state index contributed by atoms with van der Waals surface area (Å²) in [5.74, 6) is 0.952. The molecule has 0 aliphatic heterocycles. The topological polar surface area (TPSA) is 48.9 Å². The highest BCUT2D eigenvalue weighted by Gasteiger charge is 2.09. The Hall–Kier alpha value is -2.29. The zero-order valence-electron chi connectivity index (χ0n) is 10.4. The van der Waals surface area contributed by atoms with Gasteiger partial charge in [0.15, 0.2) is 0 Å². The fraction of sp³-hybridized carbons (Fsp3) is 0.133. The molecule has 0 spiro atoms. The fourth-order valence-corrected chi connectivity index (χ4v) is 2.09. The van der Waals surface area contributed by atoms with Crippen LogP contribution >= 0.6 is 0 Å². The Morgan fingerprint density at radius 3 is 2.56 bits per heavy atom. The first kappa shape index (κ1) is 10.8. The number of nitrogens with zero attached hydrogens (tertiary/aromatic N) is 1. The van der Waals surface area contributed by atoms with Crippen molar-refractivity contribution < 1.29 is 5.11 Å². The van der Waals surface area contributed by atoms with Gasteiger partial charge in [-0.15, -0.1) is 0 Å². The predicted octanol–water partition coefficient (Wildman–Crippen LogP) is 3.55. The highest BCUT2D eigenvalue weighted by molar-refractivity contribution is 5.81. The molecule has 0 amide bonds. The molecule has 0 saturated heterocycles. The number of fused-ring (bicyclic) bond motifs is 1. The Labute approximate surface area is 105 Å². The minimum atomic E-state index is 0.247. The molecule has 0 bridgehead atoms. The van der Waals surface area contributed by atoms with E-state index in [9.17, 15) is 5.11 Å². The lowest BCUT2D eigenvalue weighted by molar-refractivity contribution is 0.477. The van der Waals surface area contributed by atoms with Crippen LogP contribution in [-0.4, -0.2) is 15.1 Å². The summed E-state index contributed by atoms with van der Waals surface area (Å²) in [5, 5.41) is 9.91. The molecule has 0 radical (unpaired) electrons. The second kappa shape index (κ2) is 3.88. The minimum Gasteiger partial charge on any atom is -0.507 e. The molecule has 90 valence electrons. The molecular formula is C15H14N2O. The van der Waals surface area contributed by atoms with E-state index in [4.69, 9.17) is 0 Å². The molecule has 18 heavy (non-hydrogen) atoms. The Bertz CT molecular complexity index is 728. The van der Waals surface area contributed by atoms with E-state index < -0.39 is 0 Å². The molecule has 0 saturated carbocycles. The summed E-state index contributed by atoms with van der Waals surface area (Å²) in [4.78, 5) is 7.76. The van der Waals surface area contributed by atoms with Crippen molar-refractivity contribution in [1.82, 2.24) is 9.97 Å². The van der Waals surface area contributed by atoms with Crippen LogP contribution in [0.4, 0.5) is 0 Å². The standard InChI is InChI=1S/C15H14N2O/c1-9-4-6-14(18)11(7-9)15-16-12-5-3-10(2)8-13(12)17-15/h3-8,18H,1-2H3,(H,16,17). The Morgan fingerprint density at radius 2 is 1.72 bits per heavy atom. The van der Waals surface area contributed by atoms with Crippen molar-refractivity contribution in [3.63, 3.8) is 0 Å². The SMILES string of the molecule is Cc1ccc(O)c(-c2nc3ccc(C)cc3[nH]2)c1. The lowest BCUT2D eigenvalue weighted by Gasteiger charge is -2.01. The number of aromatic hydroxyl groups is 1. The normalized spacial score (nSPS) is 11.0. The molecule has 0 fully saturated rings. The number of H-pyrrole nitrogens is 1. The van der Waals surface area contributed by atoms with Gasteiger partial charge in [-0.3, -0.25) is 0 Å². The number of aromatic amines is 1. The van der Waals surface area contributed by atoms with Crippen LogP contribution in [0.3, 0.4) is 0 Å². The fourth-order valence-electron chi connectivity index (χ4n) is 2.09. The molecule has 3 heteroatoms. The van der Waals surface area contributed by atoms with Gasteiger partial charge < -0.3 is 10.1 Å². The highest BCUT2D eigenvalue weighted by atomic mass is 16.3. The average Bonchev–Trinajstić information content (AvgIpc) is 2.74. The quantitative estimate of drug-likeness (QED) is 0.681. The van der Waals surface area contributed by atoms with E-state index in [2.05, 4.69) is 16.0 Å². The minimum absolute atomic E-state index is 0.247. The van der Waals surface area contributed by atoms with Crippen molar-refractivity contribution in [1.29, 1.82) is 0 Å². The smallest absolute Gasteiger partial charge is 0.142 e. The van der Waals surface area contributed by atoms with Gasteiger partial charge in [0.25, 0.3) is 0 Å². The summed E-state index contributed by atoms with van der Waals surface area (Å²) < 4.78 is 0. The molecule has 3 aromatic rings. The highest BCUT2D eigenvalue weighted by Crippen LogP contribution is 2.29. The largest absolute Gasteiger partial charge is 0.507 e. The number of rotatable bonds is 1. The molecule has 0 aliphatic carbocycles. The van der Waals surface area contributed by atoms with Crippen molar-refractivity contribution in [2.45, 2.75) is 13.8 Å². The molecule has 1 aromatic heterocycles. The number of aryl methyl sites for hydroxylation is 2. The third-order valence-corrected chi connectivity index (χ3v) is 3.04. The Kier molecular flexibility index (Phi) is 2.33. The predicted molar refractivity (Wildman–Crippen MR) is 72.7 cm³/mol. The van der Waals surface area contributed by atoms with Crippen LogP contribution < -0.4 is 0 Å². The molecule has 2 aromatic carbocycles. The van der Waals surface area contributed by atoms with Crippen LogP contribution in [0.2, 0.25) is 0 Å². The number of imidazole rings is 1. The molecule has 1 heterocycles. The lowest BCUT2D eigenvalue weighted by atomic mass is 10.1. The average molecular weight is 238 g/mol. The van der Waals surface area contributed by atoms with Crippen LogP contribution in [0.25, 0.3) is 22.4 Å². The number of hydrogen-bond donors (Lipinski definition) is 2. The summed E-state index contributed by atoms with van der Waals surface area (Å²) in [7, 11) is 0. The van der Waals surface area contributed by atoms with Crippen LogP contribution in [-0.2, 0) is 0 Å². The van der Waals surface area contributed by atoms with Crippen molar-refractivity contribution in [3.05, 3.63) is 47.5 Å². The van der Waals surface area contributed by atoms with E-state index in [0.29, 0.717) is 5.82 Å². The summed E-state index contributed by atoms with van der Waals surface area (Å²) >= 11 is 0. The maximum Gasteiger partial charge on any atom is 0.142 e. The zero-order valence-corrected chi connectivity index (χ0v) is 10.4. The van der Waals surface area contributed by atoms with Crippen LogP contribution in [0.1, 0.15) is 11.1 Å². The van der Waals surface area contributed by atoms with Gasteiger partial charge >= 0.3 is 0 Å². The zero-order chi connectivity index (χ0) is 12.7. The molecule has 3 rings (SSSR count). The number of benzene rings is 2. The van der Waals surface area contributed by atoms with Crippen molar-refractivity contribution in [2.75, 3.05) is 0 Å². The number of phenolic OH excluding ortho intramolecular Hbond substituents is 1.